The summed E-state index contributed by atoms with van der Waals surface area (Å²) >= 11 is 0. The lowest BCUT2D eigenvalue weighted by atomic mass is 10.2. The molecule has 19 heavy (non-hydrogen) atoms. The predicted octanol–water partition coefficient (Wildman–Crippen LogP) is 2.33. The fourth-order valence-electron chi connectivity index (χ4n) is 1.52. The summed E-state index contributed by atoms with van der Waals surface area (Å²) in [6.07, 6.45) is -1.90. The predicted molar refractivity (Wildman–Crippen MR) is 64.3 cm³/mol. The van der Waals surface area contributed by atoms with Crippen molar-refractivity contribution in [3.8, 4) is 0 Å². The number of H-pyrrole nitrogens is 1. The van der Waals surface area contributed by atoms with Gasteiger partial charge in [0, 0.05) is 17.8 Å². The van der Waals surface area contributed by atoms with E-state index < -0.39 is 11.9 Å². The summed E-state index contributed by atoms with van der Waals surface area (Å²) in [7, 11) is 0. The van der Waals surface area contributed by atoms with Crippen LogP contribution in [0.3, 0.4) is 0 Å². The molecule has 2 aromatic rings. The van der Waals surface area contributed by atoms with Crippen molar-refractivity contribution in [1.29, 1.82) is 0 Å². The summed E-state index contributed by atoms with van der Waals surface area (Å²) in [5.74, 6) is 0. The maximum absolute atomic E-state index is 12.5. The SMILES string of the molecule is Cc1[nH]ncc1CNc1cc(C(F)(F)F)ncc1N. The molecule has 2 rings (SSSR count). The van der Waals surface area contributed by atoms with Gasteiger partial charge in [-0.05, 0) is 13.0 Å². The number of hydrogen-bond donors (Lipinski definition) is 3. The van der Waals surface area contributed by atoms with E-state index >= 15 is 0 Å². The van der Waals surface area contributed by atoms with E-state index in [9.17, 15) is 13.2 Å². The highest BCUT2D eigenvalue weighted by molar-refractivity contribution is 5.65. The van der Waals surface area contributed by atoms with Crippen LogP contribution in [-0.2, 0) is 12.7 Å². The Labute approximate surface area is 107 Å². The van der Waals surface area contributed by atoms with Gasteiger partial charge < -0.3 is 11.1 Å². The van der Waals surface area contributed by atoms with Crippen LogP contribution >= 0.6 is 0 Å². The zero-order valence-electron chi connectivity index (χ0n) is 10.0. The molecule has 0 spiro atoms. The monoisotopic (exact) mass is 271 g/mol. The Kier molecular flexibility index (Phi) is 3.32. The van der Waals surface area contributed by atoms with E-state index in [0.29, 0.717) is 6.54 Å². The van der Waals surface area contributed by atoms with Crippen molar-refractivity contribution in [2.45, 2.75) is 19.6 Å². The molecule has 2 aromatic heterocycles. The highest BCUT2D eigenvalue weighted by Gasteiger charge is 2.32. The van der Waals surface area contributed by atoms with Crippen molar-refractivity contribution < 1.29 is 13.2 Å². The molecule has 0 fully saturated rings. The molecule has 0 unspecified atom stereocenters. The molecular formula is C11H12F3N5. The molecule has 0 bridgehead atoms. The number of nitrogens with zero attached hydrogens (tertiary/aromatic N) is 2. The number of hydrogen-bond acceptors (Lipinski definition) is 4. The first-order chi connectivity index (χ1) is 8.88. The molecule has 0 saturated heterocycles. The van der Waals surface area contributed by atoms with E-state index in [1.807, 2.05) is 6.92 Å². The highest BCUT2D eigenvalue weighted by Crippen LogP contribution is 2.31. The standard InChI is InChI=1S/C11H12F3N5/c1-6-7(4-18-19-6)3-16-9-2-10(11(12,13)14)17-5-8(9)15/h2,4-5H,3,15H2,1H3,(H,16,17)(H,18,19). The number of nitrogens with two attached hydrogens (primary N) is 1. The van der Waals surface area contributed by atoms with Gasteiger partial charge >= 0.3 is 6.18 Å². The number of halogens is 3. The van der Waals surface area contributed by atoms with Crippen LogP contribution in [0.4, 0.5) is 24.5 Å². The van der Waals surface area contributed by atoms with Gasteiger partial charge in [0.05, 0.1) is 23.8 Å². The van der Waals surface area contributed by atoms with Gasteiger partial charge in [0.15, 0.2) is 0 Å². The summed E-state index contributed by atoms with van der Waals surface area (Å²) in [5.41, 5.74) is 6.67. The molecule has 0 amide bonds. The first-order valence-electron chi connectivity index (χ1n) is 5.43. The molecule has 0 aliphatic heterocycles. The van der Waals surface area contributed by atoms with Crippen LogP contribution in [0.5, 0.6) is 0 Å². The largest absolute Gasteiger partial charge is 0.433 e. The molecule has 0 atom stereocenters. The number of anilines is 2. The Morgan fingerprint density at radius 2 is 2.11 bits per heavy atom. The second kappa shape index (κ2) is 4.79. The number of pyridine rings is 1. The Morgan fingerprint density at radius 3 is 2.68 bits per heavy atom. The van der Waals surface area contributed by atoms with E-state index in [1.54, 1.807) is 6.20 Å². The van der Waals surface area contributed by atoms with Crippen LogP contribution in [-0.4, -0.2) is 15.2 Å². The van der Waals surface area contributed by atoms with Crippen LogP contribution in [0.25, 0.3) is 0 Å². The van der Waals surface area contributed by atoms with Gasteiger partial charge in [0.2, 0.25) is 0 Å². The second-order valence-corrected chi connectivity index (χ2v) is 4.03. The Bertz CT molecular complexity index is 576. The topological polar surface area (TPSA) is 79.6 Å². The first kappa shape index (κ1) is 13.2. The van der Waals surface area contributed by atoms with Gasteiger partial charge in [-0.25, -0.2) is 4.98 Å². The maximum atomic E-state index is 12.5. The molecule has 0 saturated carbocycles. The quantitative estimate of drug-likeness (QED) is 0.800. The van der Waals surface area contributed by atoms with Crippen LogP contribution in [0.2, 0.25) is 0 Å². The van der Waals surface area contributed by atoms with Crippen molar-refractivity contribution in [2.75, 3.05) is 11.1 Å². The normalized spacial score (nSPS) is 11.6. The fourth-order valence-corrected chi connectivity index (χ4v) is 1.52. The van der Waals surface area contributed by atoms with Crippen molar-refractivity contribution in [2.24, 2.45) is 0 Å². The lowest BCUT2D eigenvalue weighted by Gasteiger charge is -2.12. The zero-order valence-corrected chi connectivity index (χ0v) is 10.0. The summed E-state index contributed by atoms with van der Waals surface area (Å²) in [6.45, 7) is 2.15. The summed E-state index contributed by atoms with van der Waals surface area (Å²) in [5, 5.41) is 9.41. The van der Waals surface area contributed by atoms with Gasteiger partial charge in [0.25, 0.3) is 0 Å². The summed E-state index contributed by atoms with van der Waals surface area (Å²) < 4.78 is 37.6. The molecule has 5 nitrogen and oxygen atoms in total. The molecule has 102 valence electrons. The molecule has 2 heterocycles. The van der Waals surface area contributed by atoms with E-state index in [4.69, 9.17) is 5.73 Å². The van der Waals surface area contributed by atoms with E-state index in [2.05, 4.69) is 20.5 Å². The molecule has 0 radical (unpaired) electrons. The van der Waals surface area contributed by atoms with Gasteiger partial charge in [-0.3, -0.25) is 5.10 Å². The number of aromatic amines is 1. The number of rotatable bonds is 3. The number of aryl methyl sites for hydroxylation is 1. The zero-order chi connectivity index (χ0) is 14.0. The van der Waals surface area contributed by atoms with Gasteiger partial charge in [-0.2, -0.15) is 18.3 Å². The minimum absolute atomic E-state index is 0.161. The van der Waals surface area contributed by atoms with Crippen molar-refractivity contribution >= 4 is 11.4 Å². The van der Waals surface area contributed by atoms with Gasteiger partial charge in [-0.1, -0.05) is 0 Å². The lowest BCUT2D eigenvalue weighted by Crippen LogP contribution is -2.11. The van der Waals surface area contributed by atoms with Crippen molar-refractivity contribution in [1.82, 2.24) is 15.2 Å². The average Bonchev–Trinajstić information content (AvgIpc) is 2.72. The minimum atomic E-state index is -4.49. The van der Waals surface area contributed by atoms with Gasteiger partial charge in [-0.15, -0.1) is 0 Å². The Balaban J connectivity index is 2.18. The number of nitrogen functional groups attached to an aromatic ring is 1. The minimum Gasteiger partial charge on any atom is -0.396 e. The second-order valence-electron chi connectivity index (χ2n) is 4.03. The van der Waals surface area contributed by atoms with Gasteiger partial charge in [0.1, 0.15) is 5.69 Å². The lowest BCUT2D eigenvalue weighted by molar-refractivity contribution is -0.141. The Hall–Kier alpha value is -2.25. The fraction of sp³-hybridized carbons (Fsp3) is 0.273. The van der Waals surface area contributed by atoms with E-state index in [-0.39, 0.29) is 11.4 Å². The molecule has 0 aromatic carbocycles. The molecular weight excluding hydrogens is 259 g/mol. The number of nitrogens with one attached hydrogen (secondary N) is 2. The summed E-state index contributed by atoms with van der Waals surface area (Å²) in [4.78, 5) is 3.26. The van der Waals surface area contributed by atoms with E-state index in [0.717, 1.165) is 23.5 Å². The molecule has 4 N–H and O–H groups in total. The highest BCUT2D eigenvalue weighted by atomic mass is 19.4. The molecule has 0 aliphatic rings. The average molecular weight is 271 g/mol. The number of alkyl halides is 3. The smallest absolute Gasteiger partial charge is 0.396 e. The molecule has 8 heteroatoms. The third kappa shape index (κ3) is 2.95. The molecule has 0 aliphatic carbocycles. The Morgan fingerprint density at radius 1 is 1.37 bits per heavy atom. The summed E-state index contributed by atoms with van der Waals surface area (Å²) in [6, 6.07) is 0.894. The third-order valence-corrected chi connectivity index (χ3v) is 2.63. The van der Waals surface area contributed by atoms with Crippen LogP contribution in [0, 0.1) is 6.92 Å². The first-order valence-corrected chi connectivity index (χ1v) is 5.43. The number of aromatic nitrogens is 3. The van der Waals surface area contributed by atoms with Crippen molar-refractivity contribution in [3.05, 3.63) is 35.4 Å². The van der Waals surface area contributed by atoms with Crippen LogP contribution in [0.15, 0.2) is 18.5 Å². The van der Waals surface area contributed by atoms with Crippen LogP contribution in [0.1, 0.15) is 17.0 Å². The van der Waals surface area contributed by atoms with E-state index in [1.165, 1.54) is 0 Å². The maximum Gasteiger partial charge on any atom is 0.433 e. The third-order valence-electron chi connectivity index (χ3n) is 2.63. The van der Waals surface area contributed by atoms with Crippen molar-refractivity contribution in [3.63, 3.8) is 0 Å². The van der Waals surface area contributed by atoms with Crippen LogP contribution < -0.4 is 11.1 Å².